The van der Waals surface area contributed by atoms with Crippen molar-refractivity contribution in [2.75, 3.05) is 4.90 Å². The Morgan fingerprint density at radius 1 is 1.06 bits per heavy atom. The third-order valence-corrected chi connectivity index (χ3v) is 8.06. The molecule has 4 heterocycles. The van der Waals surface area contributed by atoms with Crippen LogP contribution in [0.2, 0.25) is 0 Å². The Hall–Kier alpha value is -3.62. The third-order valence-electron chi connectivity index (χ3n) is 6.12. The van der Waals surface area contributed by atoms with Crippen LogP contribution in [0.5, 0.6) is 0 Å². The molecular weight excluding hydrogens is 468 g/mol. The van der Waals surface area contributed by atoms with Gasteiger partial charge in [-0.15, -0.1) is 11.3 Å². The van der Waals surface area contributed by atoms with Gasteiger partial charge in [0.05, 0.1) is 16.3 Å². The zero-order valence-electron chi connectivity index (χ0n) is 18.3. The van der Waals surface area contributed by atoms with Gasteiger partial charge in [0.1, 0.15) is 11.5 Å². The number of thiazole rings is 1. The molecule has 0 aliphatic carbocycles. The molecule has 6 nitrogen and oxygen atoms in total. The van der Waals surface area contributed by atoms with Gasteiger partial charge in [-0.25, -0.2) is 4.98 Å². The molecule has 1 amide bonds. The molecule has 0 radical (unpaired) electrons. The first-order valence-electron chi connectivity index (χ1n) is 10.7. The number of thiophene rings is 1. The number of carbonyl (C=O) groups is 3. The Morgan fingerprint density at radius 2 is 1.88 bits per heavy atom. The molecule has 2 atom stereocenters. The summed E-state index contributed by atoms with van der Waals surface area (Å²) in [5.74, 6) is -3.09. The molecule has 1 saturated heterocycles. The number of rotatable bonds is 4. The minimum Gasteiger partial charge on any atom is -0.453 e. The van der Waals surface area contributed by atoms with Gasteiger partial charge in [0.25, 0.3) is 5.91 Å². The molecule has 34 heavy (non-hydrogen) atoms. The molecule has 0 saturated carbocycles. The van der Waals surface area contributed by atoms with E-state index in [0.717, 1.165) is 31.6 Å². The zero-order valence-corrected chi connectivity index (χ0v) is 19.9. The largest absolute Gasteiger partial charge is 0.453 e. The highest BCUT2D eigenvalue weighted by Crippen LogP contribution is 2.45. The van der Waals surface area contributed by atoms with Crippen LogP contribution in [0.1, 0.15) is 32.6 Å². The van der Waals surface area contributed by atoms with Crippen molar-refractivity contribution >= 4 is 66.5 Å². The van der Waals surface area contributed by atoms with Crippen molar-refractivity contribution in [3.63, 3.8) is 0 Å². The fraction of sp³-hybridized carbons (Fsp3) is 0.154. The number of hydrogen-bond donors (Lipinski definition) is 0. The van der Waals surface area contributed by atoms with Crippen molar-refractivity contribution in [2.45, 2.75) is 19.9 Å². The normalized spacial score (nSPS) is 18.5. The monoisotopic (exact) mass is 486 g/mol. The van der Waals surface area contributed by atoms with E-state index in [1.165, 1.54) is 27.6 Å². The number of amides is 1. The fourth-order valence-corrected chi connectivity index (χ4v) is 6.64. The molecule has 0 spiro atoms. The van der Waals surface area contributed by atoms with Crippen LogP contribution in [0.15, 0.2) is 64.4 Å². The quantitative estimate of drug-likeness (QED) is 0.180. The maximum absolute atomic E-state index is 13.6. The number of benzene rings is 2. The second kappa shape index (κ2) is 7.72. The van der Waals surface area contributed by atoms with Crippen LogP contribution in [0.3, 0.4) is 0 Å². The number of aryl methyl sites for hydroxylation is 2. The minimum atomic E-state index is -1.21. The number of para-hydroxylation sites is 1. The highest BCUT2D eigenvalue weighted by Gasteiger charge is 2.54. The first-order valence-corrected chi connectivity index (χ1v) is 12.4. The Labute approximate surface area is 202 Å². The van der Waals surface area contributed by atoms with Crippen LogP contribution in [0.4, 0.5) is 5.13 Å². The van der Waals surface area contributed by atoms with Gasteiger partial charge in [-0.2, -0.15) is 0 Å². The second-order valence-electron chi connectivity index (χ2n) is 8.42. The van der Waals surface area contributed by atoms with E-state index in [4.69, 9.17) is 9.40 Å². The van der Waals surface area contributed by atoms with Crippen LogP contribution in [0.25, 0.3) is 21.2 Å². The third kappa shape index (κ3) is 3.13. The number of nitrogens with zero attached hydrogens (tertiary/aromatic N) is 2. The molecule has 3 aromatic heterocycles. The predicted molar refractivity (Wildman–Crippen MR) is 133 cm³/mol. The van der Waals surface area contributed by atoms with Gasteiger partial charge in [-0.1, -0.05) is 41.7 Å². The average molecular weight is 487 g/mol. The molecule has 6 rings (SSSR count). The topological polar surface area (TPSA) is 80.5 Å². The van der Waals surface area contributed by atoms with Gasteiger partial charge in [0.15, 0.2) is 10.9 Å². The summed E-state index contributed by atoms with van der Waals surface area (Å²) in [6.45, 7) is 3.98. The van der Waals surface area contributed by atoms with Gasteiger partial charge in [-0.3, -0.25) is 19.3 Å². The summed E-state index contributed by atoms with van der Waals surface area (Å²) in [7, 11) is 0. The van der Waals surface area contributed by atoms with Crippen molar-refractivity contribution in [3.8, 4) is 0 Å². The highest BCUT2D eigenvalue weighted by molar-refractivity contribution is 7.22. The molecule has 1 fully saturated rings. The van der Waals surface area contributed by atoms with Crippen molar-refractivity contribution < 1.29 is 18.8 Å². The van der Waals surface area contributed by atoms with E-state index in [-0.39, 0.29) is 5.76 Å². The predicted octanol–water partition coefficient (Wildman–Crippen LogP) is 5.88. The molecule has 2 aromatic carbocycles. The fourth-order valence-electron chi connectivity index (χ4n) is 4.61. The van der Waals surface area contributed by atoms with E-state index >= 15 is 0 Å². The number of furan rings is 1. The average Bonchev–Trinajstić information content (AvgIpc) is 3.59. The van der Waals surface area contributed by atoms with E-state index in [0.29, 0.717) is 10.7 Å². The first-order chi connectivity index (χ1) is 16.4. The number of fused-ring (bicyclic) bond motifs is 2. The van der Waals surface area contributed by atoms with E-state index in [9.17, 15) is 14.4 Å². The van der Waals surface area contributed by atoms with E-state index < -0.39 is 29.4 Å². The summed E-state index contributed by atoms with van der Waals surface area (Å²) in [4.78, 5) is 47.1. The maximum atomic E-state index is 13.6. The van der Waals surface area contributed by atoms with E-state index in [1.807, 2.05) is 61.7 Å². The first kappa shape index (κ1) is 20.9. The van der Waals surface area contributed by atoms with Crippen LogP contribution in [-0.2, 0) is 9.59 Å². The number of Topliss-reactive ketones (excluding diaryl/α,β-unsaturated/α-hetero) is 2. The van der Waals surface area contributed by atoms with Gasteiger partial charge >= 0.3 is 0 Å². The minimum absolute atomic E-state index is 0.0755. The molecule has 8 heteroatoms. The number of carbonyl (C=O) groups excluding carboxylic acids is 3. The van der Waals surface area contributed by atoms with Crippen LogP contribution in [-0.4, -0.2) is 22.5 Å². The molecule has 168 valence electrons. The standard InChI is InChI=1S/C26H18N2O4S2/c1-13-10-14(2)21-19(11-13)34-26(27-21)28-22(18-8-5-9-33-18)20(24(30)25(28)31)23(29)17-12-15-6-3-4-7-16(15)32-17/h3-12,20,22H,1-2H3. The zero-order chi connectivity index (χ0) is 23.6. The lowest BCUT2D eigenvalue weighted by atomic mass is 9.92. The lowest BCUT2D eigenvalue weighted by Crippen LogP contribution is -2.29. The van der Waals surface area contributed by atoms with Crippen molar-refractivity contribution in [3.05, 3.63) is 81.7 Å². The molecule has 1 aliphatic heterocycles. The highest BCUT2D eigenvalue weighted by atomic mass is 32.1. The summed E-state index contributed by atoms with van der Waals surface area (Å²) in [6.07, 6.45) is 0. The van der Waals surface area contributed by atoms with Gasteiger partial charge < -0.3 is 4.42 Å². The Bertz CT molecular complexity index is 1580. The smallest absolute Gasteiger partial charge is 0.297 e. The van der Waals surface area contributed by atoms with E-state index in [1.54, 1.807) is 12.1 Å². The molecule has 1 aliphatic rings. The lowest BCUT2D eigenvalue weighted by Gasteiger charge is -2.23. The Kier molecular flexibility index (Phi) is 4.75. The molecule has 2 unspecified atom stereocenters. The summed E-state index contributed by atoms with van der Waals surface area (Å²) in [5, 5.41) is 3.06. The molecule has 5 aromatic rings. The number of anilines is 1. The number of aromatic nitrogens is 1. The van der Waals surface area contributed by atoms with Gasteiger partial charge in [-0.05, 0) is 54.6 Å². The molecule has 0 bridgehead atoms. The van der Waals surface area contributed by atoms with Crippen molar-refractivity contribution in [1.29, 1.82) is 0 Å². The van der Waals surface area contributed by atoms with Gasteiger partial charge in [0, 0.05) is 10.3 Å². The Balaban J connectivity index is 1.49. The van der Waals surface area contributed by atoms with Gasteiger partial charge in [0.2, 0.25) is 11.6 Å². The van der Waals surface area contributed by atoms with Crippen LogP contribution in [0, 0.1) is 19.8 Å². The summed E-state index contributed by atoms with van der Waals surface area (Å²) in [6, 6.07) is 15.9. The second-order valence-corrected chi connectivity index (χ2v) is 10.4. The van der Waals surface area contributed by atoms with Crippen LogP contribution < -0.4 is 4.90 Å². The van der Waals surface area contributed by atoms with Crippen LogP contribution >= 0.6 is 22.7 Å². The molecular formula is C26H18N2O4S2. The molecule has 0 N–H and O–H groups in total. The summed E-state index contributed by atoms with van der Waals surface area (Å²) < 4.78 is 6.70. The van der Waals surface area contributed by atoms with E-state index in [2.05, 4.69) is 0 Å². The Morgan fingerprint density at radius 3 is 2.65 bits per heavy atom. The number of hydrogen-bond acceptors (Lipinski definition) is 7. The summed E-state index contributed by atoms with van der Waals surface area (Å²) in [5.41, 5.74) is 3.45. The number of ketones is 2. The lowest BCUT2D eigenvalue weighted by molar-refractivity contribution is -0.135. The maximum Gasteiger partial charge on any atom is 0.297 e. The van der Waals surface area contributed by atoms with Crippen molar-refractivity contribution in [2.24, 2.45) is 5.92 Å². The summed E-state index contributed by atoms with van der Waals surface area (Å²) >= 11 is 2.76. The SMILES string of the molecule is Cc1cc(C)c2nc(N3C(=O)C(=O)C(C(=O)c4cc5ccccc5o4)C3c3cccs3)sc2c1. The van der Waals surface area contributed by atoms with Crippen molar-refractivity contribution in [1.82, 2.24) is 4.98 Å².